The first-order valence-electron chi connectivity index (χ1n) is 6.97. The molecule has 2 nitrogen and oxygen atoms in total. The molecule has 2 rings (SSSR count). The number of halogens is 2. The maximum atomic E-state index is 13.2. The van der Waals surface area contributed by atoms with E-state index in [0.717, 1.165) is 36.1 Å². The topological polar surface area (TPSA) is 35.2 Å². The van der Waals surface area contributed by atoms with Crippen LogP contribution < -0.4 is 10.5 Å². The fourth-order valence-corrected chi connectivity index (χ4v) is 2.07. The molecule has 0 heterocycles. The summed E-state index contributed by atoms with van der Waals surface area (Å²) >= 11 is 0. The van der Waals surface area contributed by atoms with E-state index in [4.69, 9.17) is 10.5 Å². The van der Waals surface area contributed by atoms with Gasteiger partial charge in [-0.15, -0.1) is 0 Å². The lowest BCUT2D eigenvalue weighted by Gasteiger charge is -2.13. The van der Waals surface area contributed by atoms with Crippen LogP contribution in [0.5, 0.6) is 11.5 Å². The van der Waals surface area contributed by atoms with Crippen LogP contribution in [-0.4, -0.2) is 6.04 Å². The highest BCUT2D eigenvalue weighted by Crippen LogP contribution is 2.27. The number of rotatable bonds is 5. The van der Waals surface area contributed by atoms with Crippen LogP contribution in [0.3, 0.4) is 0 Å². The van der Waals surface area contributed by atoms with Crippen molar-refractivity contribution in [2.45, 2.75) is 32.7 Å². The minimum atomic E-state index is -0.921. The predicted molar refractivity (Wildman–Crippen MR) is 79.6 cm³/mol. The van der Waals surface area contributed by atoms with Gasteiger partial charge in [-0.25, -0.2) is 8.78 Å². The molecule has 2 aromatic carbocycles. The standard InChI is InChI=1S/C17H19F2NO/c1-3-13(20)9-12-4-7-17(11(2)8-12)21-14-5-6-15(18)16(19)10-14/h4-8,10,13H,3,9,20H2,1-2H3. The first-order valence-corrected chi connectivity index (χ1v) is 6.97. The largest absolute Gasteiger partial charge is 0.457 e. The van der Waals surface area contributed by atoms with Crippen molar-refractivity contribution in [3.05, 3.63) is 59.2 Å². The molecule has 0 aromatic heterocycles. The lowest BCUT2D eigenvalue weighted by Crippen LogP contribution is -2.21. The molecule has 21 heavy (non-hydrogen) atoms. The lowest BCUT2D eigenvalue weighted by atomic mass is 10.0. The highest BCUT2D eigenvalue weighted by Gasteiger charge is 2.08. The van der Waals surface area contributed by atoms with Crippen molar-refractivity contribution in [3.8, 4) is 11.5 Å². The van der Waals surface area contributed by atoms with Gasteiger partial charge in [-0.3, -0.25) is 0 Å². The Kier molecular flexibility index (Phi) is 4.91. The minimum absolute atomic E-state index is 0.141. The number of hydrogen-bond acceptors (Lipinski definition) is 2. The number of hydrogen-bond donors (Lipinski definition) is 1. The average molecular weight is 291 g/mol. The van der Waals surface area contributed by atoms with E-state index in [9.17, 15) is 8.78 Å². The van der Waals surface area contributed by atoms with Gasteiger partial charge in [-0.1, -0.05) is 19.1 Å². The van der Waals surface area contributed by atoms with Gasteiger partial charge in [-0.2, -0.15) is 0 Å². The van der Waals surface area contributed by atoms with Crippen LogP contribution in [0.25, 0.3) is 0 Å². The molecule has 0 aliphatic heterocycles. The van der Waals surface area contributed by atoms with Crippen LogP contribution in [0.1, 0.15) is 24.5 Å². The van der Waals surface area contributed by atoms with Gasteiger partial charge in [0.1, 0.15) is 11.5 Å². The molecule has 0 radical (unpaired) electrons. The average Bonchev–Trinajstić information content (AvgIpc) is 2.45. The van der Waals surface area contributed by atoms with E-state index in [2.05, 4.69) is 6.92 Å². The summed E-state index contributed by atoms with van der Waals surface area (Å²) in [7, 11) is 0. The summed E-state index contributed by atoms with van der Waals surface area (Å²) in [5, 5.41) is 0. The Bertz CT molecular complexity index is 628. The predicted octanol–water partition coefficient (Wildman–Crippen LogP) is 4.35. The molecule has 0 saturated carbocycles. The zero-order valence-electron chi connectivity index (χ0n) is 12.2. The van der Waals surface area contributed by atoms with E-state index in [-0.39, 0.29) is 11.8 Å². The fraction of sp³-hybridized carbons (Fsp3) is 0.294. The number of aryl methyl sites for hydroxylation is 1. The maximum Gasteiger partial charge on any atom is 0.162 e. The second kappa shape index (κ2) is 6.68. The van der Waals surface area contributed by atoms with Gasteiger partial charge >= 0.3 is 0 Å². The monoisotopic (exact) mass is 291 g/mol. The Morgan fingerprint density at radius 3 is 2.48 bits per heavy atom. The Hall–Kier alpha value is -1.94. The molecule has 0 amide bonds. The second-order valence-corrected chi connectivity index (χ2v) is 5.15. The van der Waals surface area contributed by atoms with Crippen molar-refractivity contribution in [2.24, 2.45) is 5.73 Å². The van der Waals surface area contributed by atoms with Crippen LogP contribution in [0.4, 0.5) is 8.78 Å². The highest BCUT2D eigenvalue weighted by atomic mass is 19.2. The highest BCUT2D eigenvalue weighted by molar-refractivity contribution is 5.40. The smallest absolute Gasteiger partial charge is 0.162 e. The van der Waals surface area contributed by atoms with E-state index < -0.39 is 11.6 Å². The van der Waals surface area contributed by atoms with Crippen molar-refractivity contribution in [1.29, 1.82) is 0 Å². The summed E-state index contributed by atoms with van der Waals surface area (Å²) in [6.07, 6.45) is 1.73. The normalized spacial score (nSPS) is 12.2. The van der Waals surface area contributed by atoms with Crippen molar-refractivity contribution >= 4 is 0 Å². The third-order valence-corrected chi connectivity index (χ3v) is 3.38. The Balaban J connectivity index is 2.15. The molecule has 4 heteroatoms. The quantitative estimate of drug-likeness (QED) is 0.889. The maximum absolute atomic E-state index is 13.2. The molecule has 0 spiro atoms. The molecule has 112 valence electrons. The van der Waals surface area contributed by atoms with Gasteiger partial charge in [-0.05, 0) is 49.1 Å². The molecule has 0 bridgehead atoms. The minimum Gasteiger partial charge on any atom is -0.457 e. The van der Waals surface area contributed by atoms with Gasteiger partial charge in [0, 0.05) is 12.1 Å². The zero-order valence-corrected chi connectivity index (χ0v) is 12.2. The summed E-state index contributed by atoms with van der Waals surface area (Å²) in [6, 6.07) is 9.40. The van der Waals surface area contributed by atoms with Crippen LogP contribution in [-0.2, 0) is 6.42 Å². The van der Waals surface area contributed by atoms with E-state index >= 15 is 0 Å². The fourth-order valence-electron chi connectivity index (χ4n) is 2.07. The van der Waals surface area contributed by atoms with E-state index in [1.54, 1.807) is 0 Å². The summed E-state index contributed by atoms with van der Waals surface area (Å²) in [5.74, 6) is -0.913. The zero-order chi connectivity index (χ0) is 15.4. The molecular formula is C17H19F2NO. The van der Waals surface area contributed by atoms with E-state index in [0.29, 0.717) is 5.75 Å². The summed E-state index contributed by atoms with van der Waals surface area (Å²) in [6.45, 7) is 3.97. The number of ether oxygens (including phenoxy) is 1. The van der Waals surface area contributed by atoms with Gasteiger partial charge in [0.2, 0.25) is 0 Å². The Morgan fingerprint density at radius 1 is 1.10 bits per heavy atom. The molecule has 0 fully saturated rings. The Morgan fingerprint density at radius 2 is 1.86 bits per heavy atom. The van der Waals surface area contributed by atoms with Crippen molar-refractivity contribution in [3.63, 3.8) is 0 Å². The van der Waals surface area contributed by atoms with Crippen LogP contribution in [0, 0.1) is 18.6 Å². The molecule has 2 aromatic rings. The SMILES string of the molecule is CCC(N)Cc1ccc(Oc2ccc(F)c(F)c2)c(C)c1. The summed E-state index contributed by atoms with van der Waals surface area (Å²) < 4.78 is 31.6. The second-order valence-electron chi connectivity index (χ2n) is 5.15. The summed E-state index contributed by atoms with van der Waals surface area (Å²) in [4.78, 5) is 0. The van der Waals surface area contributed by atoms with Crippen molar-refractivity contribution in [2.75, 3.05) is 0 Å². The number of benzene rings is 2. The lowest BCUT2D eigenvalue weighted by molar-refractivity contribution is 0.459. The number of nitrogens with two attached hydrogens (primary N) is 1. The van der Waals surface area contributed by atoms with Crippen molar-refractivity contribution in [1.82, 2.24) is 0 Å². The first-order chi connectivity index (χ1) is 9.99. The molecule has 0 aliphatic carbocycles. The van der Waals surface area contributed by atoms with Crippen LogP contribution in [0.15, 0.2) is 36.4 Å². The molecule has 1 unspecified atom stereocenters. The van der Waals surface area contributed by atoms with Crippen LogP contribution >= 0.6 is 0 Å². The summed E-state index contributed by atoms with van der Waals surface area (Å²) in [5.41, 5.74) is 8.01. The van der Waals surface area contributed by atoms with Crippen LogP contribution in [0.2, 0.25) is 0 Å². The van der Waals surface area contributed by atoms with E-state index in [1.807, 2.05) is 25.1 Å². The van der Waals surface area contributed by atoms with Crippen molar-refractivity contribution < 1.29 is 13.5 Å². The molecule has 0 saturated heterocycles. The third kappa shape index (κ3) is 4.02. The third-order valence-electron chi connectivity index (χ3n) is 3.38. The Labute approximate surface area is 123 Å². The molecule has 1 atom stereocenters. The van der Waals surface area contributed by atoms with Gasteiger partial charge in [0.25, 0.3) is 0 Å². The molecular weight excluding hydrogens is 272 g/mol. The first kappa shape index (κ1) is 15.4. The van der Waals surface area contributed by atoms with Gasteiger partial charge in [0.05, 0.1) is 0 Å². The molecule has 2 N–H and O–H groups in total. The van der Waals surface area contributed by atoms with Gasteiger partial charge in [0.15, 0.2) is 11.6 Å². The molecule has 0 aliphatic rings. The van der Waals surface area contributed by atoms with E-state index in [1.165, 1.54) is 6.07 Å². The van der Waals surface area contributed by atoms with Gasteiger partial charge < -0.3 is 10.5 Å².